The number of aromatic nitrogens is 1. The third kappa shape index (κ3) is 3.74. The van der Waals surface area contributed by atoms with Gasteiger partial charge < -0.3 is 14.8 Å². The van der Waals surface area contributed by atoms with Crippen LogP contribution in [0.15, 0.2) is 36.5 Å². The van der Waals surface area contributed by atoms with Gasteiger partial charge in [0.2, 0.25) is 0 Å². The standard InChI is InChI=1S/C18H18F3N3O2/c1-12(25)13-9-16(22-11-13)17(26)24-7-5-23(6-8-24)15-4-2-3-14(10-15)18(19,20)21/h2-4,9-11,22H,5-8H2,1H3. The summed E-state index contributed by atoms with van der Waals surface area (Å²) in [6.45, 7) is 3.08. The van der Waals surface area contributed by atoms with E-state index in [1.54, 1.807) is 11.0 Å². The molecule has 138 valence electrons. The molecule has 0 saturated carbocycles. The molecule has 1 aliphatic heterocycles. The monoisotopic (exact) mass is 365 g/mol. The number of ketones is 1. The van der Waals surface area contributed by atoms with Crippen molar-refractivity contribution in [1.82, 2.24) is 9.88 Å². The number of H-pyrrole nitrogens is 1. The van der Waals surface area contributed by atoms with Crippen LogP contribution in [0.2, 0.25) is 0 Å². The van der Waals surface area contributed by atoms with Gasteiger partial charge >= 0.3 is 6.18 Å². The van der Waals surface area contributed by atoms with Gasteiger partial charge in [-0.3, -0.25) is 9.59 Å². The second-order valence-corrected chi connectivity index (χ2v) is 6.19. The fourth-order valence-corrected chi connectivity index (χ4v) is 2.94. The van der Waals surface area contributed by atoms with E-state index >= 15 is 0 Å². The van der Waals surface area contributed by atoms with Crippen LogP contribution in [0.5, 0.6) is 0 Å². The van der Waals surface area contributed by atoms with Gasteiger partial charge in [0, 0.05) is 43.6 Å². The molecule has 8 heteroatoms. The number of aromatic amines is 1. The largest absolute Gasteiger partial charge is 0.416 e. The lowest BCUT2D eigenvalue weighted by Gasteiger charge is -2.36. The summed E-state index contributed by atoms with van der Waals surface area (Å²) in [5, 5.41) is 0. The summed E-state index contributed by atoms with van der Waals surface area (Å²) in [5.41, 5.74) is 0.584. The molecule has 1 N–H and O–H groups in total. The molecule has 1 amide bonds. The summed E-state index contributed by atoms with van der Waals surface area (Å²) in [6.07, 6.45) is -2.88. The second-order valence-electron chi connectivity index (χ2n) is 6.19. The number of rotatable bonds is 3. The maximum Gasteiger partial charge on any atom is 0.416 e. The van der Waals surface area contributed by atoms with E-state index in [1.165, 1.54) is 25.3 Å². The van der Waals surface area contributed by atoms with Crippen LogP contribution in [0, 0.1) is 0 Å². The quantitative estimate of drug-likeness (QED) is 0.850. The van der Waals surface area contributed by atoms with Gasteiger partial charge in [-0.1, -0.05) is 6.07 Å². The first-order valence-electron chi connectivity index (χ1n) is 8.16. The molecule has 0 spiro atoms. The van der Waals surface area contributed by atoms with E-state index < -0.39 is 11.7 Å². The number of nitrogens with one attached hydrogen (secondary N) is 1. The van der Waals surface area contributed by atoms with Crippen molar-refractivity contribution < 1.29 is 22.8 Å². The molecule has 0 unspecified atom stereocenters. The molecular weight excluding hydrogens is 347 g/mol. The van der Waals surface area contributed by atoms with Gasteiger partial charge in [-0.05, 0) is 31.2 Å². The van der Waals surface area contributed by atoms with Crippen LogP contribution in [-0.2, 0) is 6.18 Å². The van der Waals surface area contributed by atoms with Crippen molar-refractivity contribution in [2.24, 2.45) is 0 Å². The molecule has 1 aliphatic rings. The Hall–Kier alpha value is -2.77. The van der Waals surface area contributed by atoms with Gasteiger partial charge in [0.25, 0.3) is 5.91 Å². The average molecular weight is 365 g/mol. The molecule has 26 heavy (non-hydrogen) atoms. The minimum atomic E-state index is -4.38. The van der Waals surface area contributed by atoms with Crippen molar-refractivity contribution in [3.63, 3.8) is 0 Å². The number of amides is 1. The highest BCUT2D eigenvalue weighted by Gasteiger charge is 2.31. The van der Waals surface area contributed by atoms with Crippen molar-refractivity contribution in [2.45, 2.75) is 13.1 Å². The molecule has 1 fully saturated rings. The molecule has 1 aromatic heterocycles. The van der Waals surface area contributed by atoms with Crippen molar-refractivity contribution in [3.05, 3.63) is 53.3 Å². The van der Waals surface area contributed by atoms with E-state index in [2.05, 4.69) is 4.98 Å². The van der Waals surface area contributed by atoms with Gasteiger partial charge in [0.1, 0.15) is 5.69 Å². The van der Waals surface area contributed by atoms with Crippen LogP contribution >= 0.6 is 0 Å². The molecule has 0 atom stereocenters. The van der Waals surface area contributed by atoms with Crippen LogP contribution in [0.4, 0.5) is 18.9 Å². The van der Waals surface area contributed by atoms with Gasteiger partial charge in [0.05, 0.1) is 5.56 Å². The zero-order valence-electron chi connectivity index (χ0n) is 14.1. The molecule has 2 aromatic rings. The van der Waals surface area contributed by atoms with Gasteiger partial charge in [-0.15, -0.1) is 0 Å². The van der Waals surface area contributed by atoms with Crippen molar-refractivity contribution >= 4 is 17.4 Å². The van der Waals surface area contributed by atoms with Crippen LogP contribution in [-0.4, -0.2) is 47.8 Å². The Labute approximate surface area is 148 Å². The topological polar surface area (TPSA) is 56.4 Å². The first-order chi connectivity index (χ1) is 12.3. The first-order valence-corrected chi connectivity index (χ1v) is 8.16. The van der Waals surface area contributed by atoms with E-state index in [9.17, 15) is 22.8 Å². The Morgan fingerprint density at radius 3 is 2.35 bits per heavy atom. The van der Waals surface area contributed by atoms with Crippen molar-refractivity contribution in [1.29, 1.82) is 0 Å². The predicted octanol–water partition coefficient (Wildman–Crippen LogP) is 3.20. The number of halogens is 3. The minimum Gasteiger partial charge on any atom is -0.368 e. The summed E-state index contributed by atoms with van der Waals surface area (Å²) in [5.74, 6) is -0.351. The third-order valence-corrected chi connectivity index (χ3v) is 4.43. The molecule has 1 saturated heterocycles. The number of nitrogens with zero attached hydrogens (tertiary/aromatic N) is 2. The Morgan fingerprint density at radius 2 is 1.77 bits per heavy atom. The van der Waals surface area contributed by atoms with Crippen LogP contribution in [0.3, 0.4) is 0 Å². The average Bonchev–Trinajstić information content (AvgIpc) is 3.11. The summed E-state index contributed by atoms with van der Waals surface area (Å²) >= 11 is 0. The lowest BCUT2D eigenvalue weighted by atomic mass is 10.1. The number of carbonyl (C=O) groups is 2. The normalized spacial score (nSPS) is 15.2. The Balaban J connectivity index is 1.65. The highest BCUT2D eigenvalue weighted by Crippen LogP contribution is 2.31. The molecule has 1 aromatic carbocycles. The Bertz CT molecular complexity index is 821. The summed E-state index contributed by atoms with van der Waals surface area (Å²) in [4.78, 5) is 30.1. The number of anilines is 1. The second kappa shape index (κ2) is 6.86. The highest BCUT2D eigenvalue weighted by atomic mass is 19.4. The van der Waals surface area contributed by atoms with E-state index in [0.717, 1.165) is 12.1 Å². The number of Topliss-reactive ketones (excluding diaryl/α,β-unsaturated/α-hetero) is 1. The number of alkyl halides is 3. The van der Waals surface area contributed by atoms with Gasteiger partial charge in [0.15, 0.2) is 5.78 Å². The van der Waals surface area contributed by atoms with Crippen molar-refractivity contribution in [2.75, 3.05) is 31.1 Å². The number of hydrogen-bond donors (Lipinski definition) is 1. The molecular formula is C18H18F3N3O2. The lowest BCUT2D eigenvalue weighted by Crippen LogP contribution is -2.48. The number of piperazine rings is 1. The first kappa shape index (κ1) is 18.0. The summed E-state index contributed by atoms with van der Waals surface area (Å²) in [6, 6.07) is 6.71. The molecule has 2 heterocycles. The number of carbonyl (C=O) groups excluding carboxylic acids is 2. The zero-order chi connectivity index (χ0) is 18.9. The molecule has 0 aliphatic carbocycles. The van der Waals surface area contributed by atoms with E-state index in [-0.39, 0.29) is 11.7 Å². The number of hydrogen-bond acceptors (Lipinski definition) is 3. The minimum absolute atomic E-state index is 0.130. The third-order valence-electron chi connectivity index (χ3n) is 4.43. The Morgan fingerprint density at radius 1 is 1.08 bits per heavy atom. The predicted molar refractivity (Wildman–Crippen MR) is 90.4 cm³/mol. The van der Waals surface area contributed by atoms with Gasteiger partial charge in [-0.25, -0.2) is 0 Å². The molecule has 0 radical (unpaired) electrons. The van der Waals surface area contributed by atoms with Crippen LogP contribution in [0.25, 0.3) is 0 Å². The van der Waals surface area contributed by atoms with Crippen LogP contribution in [0.1, 0.15) is 33.3 Å². The smallest absolute Gasteiger partial charge is 0.368 e. The zero-order valence-corrected chi connectivity index (χ0v) is 14.1. The lowest BCUT2D eigenvalue weighted by molar-refractivity contribution is -0.137. The van der Waals surface area contributed by atoms with E-state index in [1.807, 2.05) is 4.90 Å². The maximum absolute atomic E-state index is 12.9. The summed E-state index contributed by atoms with van der Waals surface area (Å²) < 4.78 is 38.6. The number of benzene rings is 1. The SMILES string of the molecule is CC(=O)c1c[nH]c(C(=O)N2CCN(c3cccc(C(F)(F)F)c3)CC2)c1. The van der Waals surface area contributed by atoms with Crippen molar-refractivity contribution in [3.8, 4) is 0 Å². The van der Waals surface area contributed by atoms with Crippen LogP contribution < -0.4 is 4.90 Å². The molecule has 3 rings (SSSR count). The van der Waals surface area contributed by atoms with E-state index in [0.29, 0.717) is 43.1 Å². The van der Waals surface area contributed by atoms with Gasteiger partial charge in [-0.2, -0.15) is 13.2 Å². The summed E-state index contributed by atoms with van der Waals surface area (Å²) in [7, 11) is 0. The maximum atomic E-state index is 12.9. The Kier molecular flexibility index (Phi) is 4.76. The molecule has 0 bridgehead atoms. The fraction of sp³-hybridized carbons (Fsp3) is 0.333. The highest BCUT2D eigenvalue weighted by molar-refractivity contribution is 5.99. The fourth-order valence-electron chi connectivity index (χ4n) is 2.94. The van der Waals surface area contributed by atoms with E-state index in [4.69, 9.17) is 0 Å². The molecule has 5 nitrogen and oxygen atoms in total.